The highest BCUT2D eigenvalue weighted by Crippen LogP contribution is 2.39. The molecule has 190 valence electrons. The van der Waals surface area contributed by atoms with Gasteiger partial charge in [0, 0.05) is 35.7 Å². The zero-order valence-electron chi connectivity index (χ0n) is 20.2. The third kappa shape index (κ3) is 5.10. The number of hydrogen-bond donors (Lipinski definition) is 2. The van der Waals surface area contributed by atoms with Gasteiger partial charge in [-0.1, -0.05) is 29.3 Å². The second-order valence-corrected chi connectivity index (χ2v) is 11.1. The Balaban J connectivity index is 1.20. The van der Waals surface area contributed by atoms with Gasteiger partial charge in [-0.2, -0.15) is 5.26 Å². The maximum absolute atomic E-state index is 11.2. The number of halogens is 2. The molecule has 3 fully saturated rings. The summed E-state index contributed by atoms with van der Waals surface area (Å²) in [4.78, 5) is 24.9. The topological polar surface area (TPSA) is 105 Å². The smallest absolute Gasteiger partial charge is 0.306 e. The lowest BCUT2D eigenvalue weighted by Gasteiger charge is -2.50. The number of hydrogen-bond acceptors (Lipinski definition) is 7. The zero-order valence-corrected chi connectivity index (χ0v) is 21.7. The van der Waals surface area contributed by atoms with Crippen molar-refractivity contribution in [1.29, 1.82) is 5.26 Å². The van der Waals surface area contributed by atoms with Crippen molar-refractivity contribution in [2.24, 2.45) is 17.8 Å². The fraction of sp³-hybridized carbons (Fsp3) is 0.538. The highest BCUT2D eigenvalue weighted by molar-refractivity contribution is 6.35. The van der Waals surface area contributed by atoms with Crippen molar-refractivity contribution < 1.29 is 9.90 Å². The molecular formula is C26H30Cl2N6O2. The molecule has 2 aliphatic heterocycles. The van der Waals surface area contributed by atoms with Crippen molar-refractivity contribution in [2.75, 3.05) is 36.4 Å². The van der Waals surface area contributed by atoms with Gasteiger partial charge >= 0.3 is 5.97 Å². The predicted molar refractivity (Wildman–Crippen MR) is 139 cm³/mol. The number of anilines is 2. The van der Waals surface area contributed by atoms with Crippen LogP contribution in [0.5, 0.6) is 0 Å². The lowest BCUT2D eigenvalue weighted by molar-refractivity contribution is -0.147. The number of nitrogens with one attached hydrogen (secondary N) is 1. The second-order valence-electron chi connectivity index (χ2n) is 10.3. The first-order valence-electron chi connectivity index (χ1n) is 12.5. The molecular weight excluding hydrogens is 499 g/mol. The third-order valence-corrected chi connectivity index (χ3v) is 8.56. The monoisotopic (exact) mass is 528 g/mol. The molecule has 0 amide bonds. The molecule has 2 N–H and O–H groups in total. The van der Waals surface area contributed by atoms with Gasteiger partial charge in [-0.15, -0.1) is 0 Å². The van der Waals surface area contributed by atoms with Gasteiger partial charge in [0.05, 0.1) is 18.2 Å². The molecule has 1 aliphatic carbocycles. The van der Waals surface area contributed by atoms with Crippen LogP contribution >= 0.6 is 23.2 Å². The molecule has 2 saturated heterocycles. The molecule has 1 aromatic carbocycles. The highest BCUT2D eigenvalue weighted by atomic mass is 35.5. The van der Waals surface area contributed by atoms with E-state index in [4.69, 9.17) is 28.2 Å². The Bertz CT molecular complexity index is 1180. The van der Waals surface area contributed by atoms with E-state index in [0.29, 0.717) is 45.3 Å². The summed E-state index contributed by atoms with van der Waals surface area (Å²) < 4.78 is 0. The van der Waals surface area contributed by atoms with Crippen LogP contribution in [0, 0.1) is 29.1 Å². The quantitative estimate of drug-likeness (QED) is 0.525. The fourth-order valence-electron chi connectivity index (χ4n) is 5.73. The first kappa shape index (κ1) is 25.1. The number of aliphatic carboxylic acids is 1. The molecule has 1 aromatic heterocycles. The van der Waals surface area contributed by atoms with E-state index in [1.807, 2.05) is 13.0 Å². The molecule has 1 saturated carbocycles. The van der Waals surface area contributed by atoms with Crippen molar-refractivity contribution in [3.63, 3.8) is 0 Å². The van der Waals surface area contributed by atoms with Crippen LogP contribution in [-0.4, -0.2) is 58.2 Å². The number of nitriles is 1. The van der Waals surface area contributed by atoms with Gasteiger partial charge in [-0.3, -0.25) is 4.79 Å². The molecule has 2 unspecified atom stereocenters. The maximum Gasteiger partial charge on any atom is 0.306 e. The molecule has 2 aromatic rings. The van der Waals surface area contributed by atoms with Crippen molar-refractivity contribution >= 4 is 40.8 Å². The Labute approximate surface area is 221 Å². The van der Waals surface area contributed by atoms with Crippen molar-refractivity contribution in [1.82, 2.24) is 14.9 Å². The van der Waals surface area contributed by atoms with E-state index in [0.717, 1.165) is 51.0 Å². The van der Waals surface area contributed by atoms with E-state index in [2.05, 4.69) is 26.2 Å². The Hall–Kier alpha value is -2.60. The van der Waals surface area contributed by atoms with Crippen LogP contribution in [0.2, 0.25) is 10.0 Å². The van der Waals surface area contributed by atoms with Crippen LogP contribution in [0.4, 0.5) is 11.6 Å². The van der Waals surface area contributed by atoms with Crippen LogP contribution in [-0.2, 0) is 4.79 Å². The second kappa shape index (κ2) is 10.4. The normalized spacial score (nSPS) is 25.4. The Kier molecular flexibility index (Phi) is 7.25. The largest absolute Gasteiger partial charge is 0.481 e. The first-order chi connectivity index (χ1) is 17.3. The van der Waals surface area contributed by atoms with Crippen molar-refractivity contribution in [2.45, 2.75) is 44.7 Å². The van der Waals surface area contributed by atoms with Crippen molar-refractivity contribution in [3.05, 3.63) is 45.7 Å². The van der Waals surface area contributed by atoms with Crippen LogP contribution in [0.15, 0.2) is 24.4 Å². The summed E-state index contributed by atoms with van der Waals surface area (Å²) in [6.07, 6.45) is 5.49. The van der Waals surface area contributed by atoms with Crippen LogP contribution in [0.1, 0.15) is 49.9 Å². The van der Waals surface area contributed by atoms with E-state index in [9.17, 15) is 15.2 Å². The molecule has 36 heavy (non-hydrogen) atoms. The maximum atomic E-state index is 11.2. The average molecular weight is 529 g/mol. The van der Waals surface area contributed by atoms with Gasteiger partial charge in [0.1, 0.15) is 11.9 Å². The predicted octanol–water partition coefficient (Wildman–Crippen LogP) is 4.84. The number of carboxylic acid groups (broad SMARTS) is 1. The molecule has 3 heterocycles. The number of likely N-dealkylation sites (tertiary alicyclic amines) is 1. The van der Waals surface area contributed by atoms with Gasteiger partial charge in [0.25, 0.3) is 0 Å². The van der Waals surface area contributed by atoms with E-state index >= 15 is 0 Å². The average Bonchev–Trinajstić information content (AvgIpc) is 2.77. The molecule has 2 atom stereocenters. The number of carboxylic acids is 1. The van der Waals surface area contributed by atoms with Crippen LogP contribution in [0.25, 0.3) is 0 Å². The molecule has 5 rings (SSSR count). The standard InChI is InChI=1S/C26H30Cl2N6O2/c1-15(21-5-4-19(27)9-22(21)28)31-24-11-30-23(10-29)25(32-24)34-13-18(14-34)16-3-2-6-33(12-16)20-7-17(8-20)26(35)36/h4-5,9,11,15-18,20H,2-3,6-8,12-14H2,1H3,(H,31,32)(H,35,36). The lowest BCUT2D eigenvalue weighted by atomic mass is 9.76. The van der Waals surface area contributed by atoms with Gasteiger partial charge in [-0.25, -0.2) is 9.97 Å². The molecule has 10 heteroatoms. The number of aromatic nitrogens is 2. The number of nitrogens with zero attached hydrogens (tertiary/aromatic N) is 5. The van der Waals surface area contributed by atoms with Gasteiger partial charge in [0.2, 0.25) is 0 Å². The number of benzene rings is 1. The van der Waals surface area contributed by atoms with Crippen LogP contribution < -0.4 is 10.2 Å². The third-order valence-electron chi connectivity index (χ3n) is 8.00. The summed E-state index contributed by atoms with van der Waals surface area (Å²) in [7, 11) is 0. The van der Waals surface area contributed by atoms with Gasteiger partial charge in [0.15, 0.2) is 11.5 Å². The van der Waals surface area contributed by atoms with E-state index < -0.39 is 5.97 Å². The number of carbonyl (C=O) groups is 1. The van der Waals surface area contributed by atoms with E-state index in [1.165, 1.54) is 6.42 Å². The Morgan fingerprint density at radius 2 is 2.03 bits per heavy atom. The summed E-state index contributed by atoms with van der Waals surface area (Å²) >= 11 is 12.4. The highest BCUT2D eigenvalue weighted by Gasteiger charge is 2.42. The van der Waals surface area contributed by atoms with Gasteiger partial charge < -0.3 is 20.2 Å². The van der Waals surface area contributed by atoms with Crippen molar-refractivity contribution in [3.8, 4) is 6.07 Å². The number of piperidine rings is 1. The first-order valence-corrected chi connectivity index (χ1v) is 13.3. The summed E-state index contributed by atoms with van der Waals surface area (Å²) in [5.74, 6) is 1.51. The Morgan fingerprint density at radius 1 is 1.25 bits per heavy atom. The van der Waals surface area contributed by atoms with Crippen LogP contribution in [0.3, 0.4) is 0 Å². The summed E-state index contributed by atoms with van der Waals surface area (Å²) in [5.41, 5.74) is 1.23. The minimum atomic E-state index is -0.661. The minimum absolute atomic E-state index is 0.116. The molecule has 3 aliphatic rings. The van der Waals surface area contributed by atoms with E-state index in [-0.39, 0.29) is 12.0 Å². The summed E-state index contributed by atoms with van der Waals surface area (Å²) in [6, 6.07) is 7.89. The lowest BCUT2D eigenvalue weighted by Crippen LogP contribution is -2.56. The minimum Gasteiger partial charge on any atom is -0.481 e. The molecule has 8 nitrogen and oxygen atoms in total. The Morgan fingerprint density at radius 3 is 2.72 bits per heavy atom. The number of rotatable bonds is 7. The summed E-state index contributed by atoms with van der Waals surface area (Å²) in [5, 5.41) is 23.3. The SMILES string of the molecule is CC(Nc1cnc(C#N)c(N2CC(C3CCCN(C4CC(C(=O)O)C4)C3)C2)n1)c1ccc(Cl)cc1Cl. The summed E-state index contributed by atoms with van der Waals surface area (Å²) in [6.45, 7) is 5.80. The fourth-order valence-corrected chi connectivity index (χ4v) is 6.30. The molecule has 0 radical (unpaired) electrons. The van der Waals surface area contributed by atoms with Gasteiger partial charge in [-0.05, 0) is 68.7 Å². The zero-order chi connectivity index (χ0) is 25.4. The molecule has 0 bridgehead atoms. The molecule has 0 spiro atoms. The van der Waals surface area contributed by atoms with E-state index in [1.54, 1.807) is 18.3 Å².